The first-order chi connectivity index (χ1) is 21.8. The van der Waals surface area contributed by atoms with Crippen LogP contribution in [-0.4, -0.2) is 47.9 Å². The van der Waals surface area contributed by atoms with Crippen molar-refractivity contribution in [1.82, 2.24) is 15.2 Å². The van der Waals surface area contributed by atoms with Crippen LogP contribution in [0.15, 0.2) is 54.6 Å². The highest BCUT2D eigenvalue weighted by molar-refractivity contribution is 5.95. The van der Waals surface area contributed by atoms with Crippen LogP contribution in [0.3, 0.4) is 0 Å². The maximum Gasteiger partial charge on any atom is 0.297 e. The van der Waals surface area contributed by atoms with Gasteiger partial charge in [-0.25, -0.2) is 11.0 Å². The Morgan fingerprint density at radius 1 is 0.978 bits per heavy atom. The number of benzene rings is 3. The molecule has 3 aromatic carbocycles. The van der Waals surface area contributed by atoms with Gasteiger partial charge >= 0.3 is 0 Å². The standard InChI is InChI=1S/C31H33N7O7/c1-19-23(24-16-22(44-2)9-11-26(24)37(19)18-39)17-29(41)33-14-4-3-13-32-28(40)15-20-5-7-21(8-6-20)34-25-10-12-27(38(42)43)31-30(25)35-45-36-31/h5-12,16,18,34-36H,3-4,13-15,17H2,1-2H3,(H,32,40)(H,33,41). The van der Waals surface area contributed by atoms with E-state index in [1.807, 2.05) is 37.3 Å². The minimum atomic E-state index is -0.497. The highest BCUT2D eigenvalue weighted by Crippen LogP contribution is 2.42. The lowest BCUT2D eigenvalue weighted by Gasteiger charge is -2.11. The van der Waals surface area contributed by atoms with Gasteiger partial charge in [0.15, 0.2) is 5.69 Å². The average molecular weight is 616 g/mol. The van der Waals surface area contributed by atoms with Gasteiger partial charge in [-0.15, -0.1) is 0 Å². The van der Waals surface area contributed by atoms with Gasteiger partial charge in [0, 0.05) is 35.9 Å². The second kappa shape index (κ2) is 13.8. The van der Waals surface area contributed by atoms with Crippen molar-refractivity contribution >= 4 is 57.6 Å². The Bertz CT molecular complexity index is 1750. The van der Waals surface area contributed by atoms with Crippen LogP contribution in [0.2, 0.25) is 0 Å². The Balaban J connectivity index is 1.03. The normalized spacial score (nSPS) is 11.7. The van der Waals surface area contributed by atoms with Crippen molar-refractivity contribution < 1.29 is 29.0 Å². The lowest BCUT2D eigenvalue weighted by molar-refractivity contribution is -0.384. The number of amides is 2. The smallest absolute Gasteiger partial charge is 0.297 e. The Morgan fingerprint density at radius 2 is 1.67 bits per heavy atom. The third-order valence-corrected chi connectivity index (χ3v) is 7.56. The molecule has 0 atom stereocenters. The summed E-state index contributed by atoms with van der Waals surface area (Å²) in [5, 5.41) is 21.0. The fraction of sp³-hybridized carbons (Fsp3) is 0.258. The van der Waals surface area contributed by atoms with Crippen LogP contribution >= 0.6 is 0 Å². The molecule has 2 amide bonds. The van der Waals surface area contributed by atoms with Crippen molar-refractivity contribution in [2.45, 2.75) is 32.6 Å². The molecule has 5 rings (SSSR count). The number of anilines is 4. The molecule has 14 nitrogen and oxygen atoms in total. The first-order valence-corrected chi connectivity index (χ1v) is 14.3. The highest BCUT2D eigenvalue weighted by atomic mass is 16.8. The number of fused-ring (bicyclic) bond motifs is 2. The van der Waals surface area contributed by atoms with E-state index in [0.717, 1.165) is 39.8 Å². The number of nitrogens with one attached hydrogen (secondary N) is 5. The summed E-state index contributed by atoms with van der Waals surface area (Å²) in [5.74, 6) is 0.391. The summed E-state index contributed by atoms with van der Waals surface area (Å²) < 4.78 is 6.84. The number of carbonyl (C=O) groups excluding carboxylic acids is 3. The first-order valence-electron chi connectivity index (χ1n) is 14.3. The molecule has 1 aromatic heterocycles. The molecule has 0 bridgehead atoms. The van der Waals surface area contributed by atoms with E-state index >= 15 is 0 Å². The summed E-state index contributed by atoms with van der Waals surface area (Å²) in [6.07, 6.45) is 2.48. The molecule has 1 aliphatic rings. The zero-order valence-corrected chi connectivity index (χ0v) is 24.8. The number of nitrogens with zero attached hydrogens (tertiary/aromatic N) is 2. The van der Waals surface area contributed by atoms with Crippen LogP contribution < -0.4 is 31.6 Å². The molecule has 0 saturated carbocycles. The number of nitro groups is 1. The number of aromatic nitrogens is 1. The van der Waals surface area contributed by atoms with Gasteiger partial charge in [-0.2, -0.15) is 4.94 Å². The summed E-state index contributed by atoms with van der Waals surface area (Å²) in [7, 11) is 1.57. The average Bonchev–Trinajstić information content (AvgIpc) is 3.62. The van der Waals surface area contributed by atoms with Crippen molar-refractivity contribution in [1.29, 1.82) is 0 Å². The molecule has 0 fully saturated rings. The number of carbonyl (C=O) groups is 3. The SMILES string of the molecule is COc1ccc2c(c1)c(CC(=O)NCCCCNC(=O)Cc1ccc(Nc3ccc([N+](=O)[O-])c4c3NON4)cc1)c(C)n2C=O. The molecule has 2 heterocycles. The summed E-state index contributed by atoms with van der Waals surface area (Å²) in [6.45, 7) is 2.76. The number of hydrogen-bond donors (Lipinski definition) is 5. The van der Waals surface area contributed by atoms with Crippen LogP contribution in [0.25, 0.3) is 10.9 Å². The zero-order valence-electron chi connectivity index (χ0n) is 24.8. The molecule has 234 valence electrons. The van der Waals surface area contributed by atoms with Gasteiger partial charge in [-0.3, -0.25) is 29.1 Å². The molecule has 0 saturated heterocycles. The lowest BCUT2D eigenvalue weighted by Crippen LogP contribution is -2.29. The first kappa shape index (κ1) is 30.8. The topological polar surface area (TPSA) is 178 Å². The molecule has 45 heavy (non-hydrogen) atoms. The Labute approximate surface area is 258 Å². The van der Waals surface area contributed by atoms with Crippen molar-refractivity contribution in [3.8, 4) is 5.75 Å². The molecule has 5 N–H and O–H groups in total. The van der Waals surface area contributed by atoms with Gasteiger partial charge in [0.2, 0.25) is 18.2 Å². The maximum atomic E-state index is 12.7. The summed E-state index contributed by atoms with van der Waals surface area (Å²) in [4.78, 5) is 52.4. The van der Waals surface area contributed by atoms with E-state index in [0.29, 0.717) is 43.1 Å². The number of hydrogen-bond acceptors (Lipinski definition) is 10. The number of methoxy groups -OCH3 is 1. The van der Waals surface area contributed by atoms with Crippen LogP contribution in [0.5, 0.6) is 5.75 Å². The molecular formula is C31H33N7O7. The van der Waals surface area contributed by atoms with E-state index in [9.17, 15) is 24.5 Å². The Kier molecular flexibility index (Phi) is 9.43. The monoisotopic (exact) mass is 615 g/mol. The van der Waals surface area contributed by atoms with E-state index in [1.165, 1.54) is 10.6 Å². The third-order valence-electron chi connectivity index (χ3n) is 7.56. The quantitative estimate of drug-likeness (QED) is 0.0600. The van der Waals surface area contributed by atoms with Gasteiger partial charge in [-0.05, 0) is 67.3 Å². The van der Waals surface area contributed by atoms with Crippen LogP contribution in [0, 0.1) is 17.0 Å². The minimum absolute atomic E-state index is 0.111. The van der Waals surface area contributed by atoms with Gasteiger partial charge in [0.05, 0.1) is 36.1 Å². The van der Waals surface area contributed by atoms with E-state index in [4.69, 9.17) is 9.68 Å². The summed E-state index contributed by atoms with van der Waals surface area (Å²) in [6, 6.07) is 15.7. The number of rotatable bonds is 14. The Hall–Kier alpha value is -5.63. The van der Waals surface area contributed by atoms with Crippen molar-refractivity contribution in [2.75, 3.05) is 36.5 Å². The highest BCUT2D eigenvalue weighted by Gasteiger charge is 2.26. The zero-order chi connectivity index (χ0) is 31.9. The van der Waals surface area contributed by atoms with E-state index in [2.05, 4.69) is 26.9 Å². The predicted molar refractivity (Wildman–Crippen MR) is 169 cm³/mol. The van der Waals surface area contributed by atoms with Gasteiger partial charge in [-0.1, -0.05) is 12.1 Å². The summed E-state index contributed by atoms with van der Waals surface area (Å²) in [5.41, 5.74) is 10.0. The van der Waals surface area contributed by atoms with Crippen molar-refractivity contribution in [3.63, 3.8) is 0 Å². The van der Waals surface area contributed by atoms with Crippen LogP contribution in [0.1, 0.15) is 29.7 Å². The lowest BCUT2D eigenvalue weighted by atomic mass is 10.1. The number of nitro benzene ring substituents is 1. The van der Waals surface area contributed by atoms with Crippen molar-refractivity contribution in [2.24, 2.45) is 0 Å². The molecule has 0 radical (unpaired) electrons. The molecule has 0 aliphatic carbocycles. The van der Waals surface area contributed by atoms with Gasteiger partial charge < -0.3 is 20.7 Å². The van der Waals surface area contributed by atoms with Crippen LogP contribution in [-0.2, 0) is 32.2 Å². The van der Waals surface area contributed by atoms with E-state index in [-0.39, 0.29) is 36.0 Å². The molecule has 0 spiro atoms. The minimum Gasteiger partial charge on any atom is -0.497 e. The third kappa shape index (κ3) is 6.96. The second-order valence-corrected chi connectivity index (χ2v) is 10.5. The predicted octanol–water partition coefficient (Wildman–Crippen LogP) is 4.13. The molecule has 4 aromatic rings. The molecule has 0 unspecified atom stereocenters. The maximum absolute atomic E-state index is 12.7. The fourth-order valence-corrected chi connectivity index (χ4v) is 5.20. The number of unbranched alkanes of at least 4 members (excludes halogenated alkanes) is 1. The second-order valence-electron chi connectivity index (χ2n) is 10.5. The number of ether oxygens (including phenoxy) is 1. The Morgan fingerprint density at radius 3 is 2.33 bits per heavy atom. The van der Waals surface area contributed by atoms with Gasteiger partial charge in [0.25, 0.3) is 5.69 Å². The van der Waals surface area contributed by atoms with E-state index in [1.54, 1.807) is 25.3 Å². The molecular weight excluding hydrogens is 582 g/mol. The fourth-order valence-electron chi connectivity index (χ4n) is 5.20. The summed E-state index contributed by atoms with van der Waals surface area (Å²) >= 11 is 0. The largest absolute Gasteiger partial charge is 0.497 e. The van der Waals surface area contributed by atoms with E-state index < -0.39 is 4.92 Å². The van der Waals surface area contributed by atoms with Crippen molar-refractivity contribution in [3.05, 3.63) is 81.5 Å². The van der Waals surface area contributed by atoms with Crippen LogP contribution in [0.4, 0.5) is 28.4 Å². The van der Waals surface area contributed by atoms with Gasteiger partial charge in [0.1, 0.15) is 11.4 Å². The molecule has 1 aliphatic heterocycles. The molecule has 14 heteroatoms.